The molecule has 0 bridgehead atoms. The normalized spacial score (nSPS) is 16.6. The van der Waals surface area contributed by atoms with Crippen molar-refractivity contribution in [2.24, 2.45) is 5.92 Å². The predicted molar refractivity (Wildman–Crippen MR) is 98.1 cm³/mol. The first-order valence-corrected chi connectivity index (χ1v) is 10.4. The largest absolute Gasteiger partial charge is 0.492 e. The van der Waals surface area contributed by atoms with Gasteiger partial charge in [-0.3, -0.25) is 4.79 Å². The number of rotatable bonds is 7. The minimum absolute atomic E-state index is 0.0707. The van der Waals surface area contributed by atoms with Crippen LogP contribution in [0.25, 0.3) is 0 Å². The number of ether oxygens (including phenoxy) is 1. The molecular formula is C18H28N2O4S. The van der Waals surface area contributed by atoms with Gasteiger partial charge in [0.05, 0.1) is 12.3 Å². The molecule has 1 aliphatic rings. The number of carbonyl (C=O) groups excluding carboxylic acids is 1. The number of carbonyl (C=O) groups is 1. The lowest BCUT2D eigenvalue weighted by molar-refractivity contribution is -0.135. The second-order valence-electron chi connectivity index (χ2n) is 6.50. The van der Waals surface area contributed by atoms with Gasteiger partial charge in [0, 0.05) is 26.1 Å². The zero-order valence-electron chi connectivity index (χ0n) is 15.3. The van der Waals surface area contributed by atoms with Crippen molar-refractivity contribution in [1.29, 1.82) is 0 Å². The third-order valence-corrected chi connectivity index (χ3v) is 6.50. The Bertz CT molecular complexity index is 682. The van der Waals surface area contributed by atoms with Gasteiger partial charge in [0.15, 0.2) is 0 Å². The molecule has 1 aromatic rings. The van der Waals surface area contributed by atoms with Gasteiger partial charge >= 0.3 is 0 Å². The van der Waals surface area contributed by atoms with E-state index in [2.05, 4.69) is 0 Å². The smallest absolute Gasteiger partial charge is 0.225 e. The van der Waals surface area contributed by atoms with Gasteiger partial charge < -0.3 is 9.64 Å². The molecule has 1 saturated heterocycles. The Hall–Kier alpha value is -1.60. The SMILES string of the molecule is CCS(=O)(=O)N1CCC(C(=O)N(C)CCOc2cccc(C)c2)CC1. The van der Waals surface area contributed by atoms with Gasteiger partial charge in [0.2, 0.25) is 15.9 Å². The van der Waals surface area contributed by atoms with Gasteiger partial charge in [-0.05, 0) is 44.4 Å². The van der Waals surface area contributed by atoms with Gasteiger partial charge in [-0.1, -0.05) is 12.1 Å². The van der Waals surface area contributed by atoms with E-state index in [0.29, 0.717) is 39.1 Å². The maximum Gasteiger partial charge on any atom is 0.225 e. The molecule has 1 aliphatic heterocycles. The third kappa shape index (κ3) is 5.44. The van der Waals surface area contributed by atoms with Gasteiger partial charge in [0.1, 0.15) is 12.4 Å². The molecule has 1 aromatic carbocycles. The summed E-state index contributed by atoms with van der Waals surface area (Å²) in [6.07, 6.45) is 1.17. The number of benzene rings is 1. The maximum absolute atomic E-state index is 12.5. The number of piperidine rings is 1. The summed E-state index contributed by atoms with van der Waals surface area (Å²) in [7, 11) is -1.38. The van der Waals surface area contributed by atoms with Crippen LogP contribution in [0.4, 0.5) is 0 Å². The second kappa shape index (κ2) is 8.67. The first kappa shape index (κ1) is 19.7. The number of sulfonamides is 1. The lowest BCUT2D eigenvalue weighted by Gasteiger charge is -2.32. The van der Waals surface area contributed by atoms with Gasteiger partial charge in [-0.2, -0.15) is 0 Å². The molecule has 0 spiro atoms. The number of aryl methyl sites for hydroxylation is 1. The first-order chi connectivity index (χ1) is 11.8. The molecular weight excluding hydrogens is 340 g/mol. The Morgan fingerprint density at radius 3 is 2.60 bits per heavy atom. The fourth-order valence-electron chi connectivity index (χ4n) is 2.99. The lowest BCUT2D eigenvalue weighted by atomic mass is 9.97. The Morgan fingerprint density at radius 2 is 2.00 bits per heavy atom. The fourth-order valence-corrected chi connectivity index (χ4v) is 4.12. The maximum atomic E-state index is 12.5. The van der Waals surface area contributed by atoms with E-state index in [4.69, 9.17) is 4.74 Å². The van der Waals surface area contributed by atoms with Crippen molar-refractivity contribution in [1.82, 2.24) is 9.21 Å². The zero-order chi connectivity index (χ0) is 18.4. The summed E-state index contributed by atoms with van der Waals surface area (Å²) in [6.45, 7) is 5.47. The van der Waals surface area contributed by atoms with Crippen molar-refractivity contribution in [2.45, 2.75) is 26.7 Å². The van der Waals surface area contributed by atoms with Crippen molar-refractivity contribution >= 4 is 15.9 Å². The van der Waals surface area contributed by atoms with Crippen LogP contribution in [0.5, 0.6) is 5.75 Å². The number of amides is 1. The number of nitrogens with zero attached hydrogens (tertiary/aromatic N) is 2. The monoisotopic (exact) mass is 368 g/mol. The average molecular weight is 368 g/mol. The number of hydrogen-bond acceptors (Lipinski definition) is 4. The molecule has 140 valence electrons. The van der Waals surface area contributed by atoms with E-state index >= 15 is 0 Å². The van der Waals surface area contributed by atoms with Crippen molar-refractivity contribution in [3.05, 3.63) is 29.8 Å². The first-order valence-electron chi connectivity index (χ1n) is 8.75. The molecule has 1 fully saturated rings. The van der Waals surface area contributed by atoms with Crippen LogP contribution in [0.15, 0.2) is 24.3 Å². The molecule has 0 saturated carbocycles. The molecule has 25 heavy (non-hydrogen) atoms. The van der Waals surface area contributed by atoms with Crippen LogP contribution in [0.1, 0.15) is 25.3 Å². The standard InChI is InChI=1S/C18H28N2O4S/c1-4-25(22,23)20-10-8-16(9-11-20)18(21)19(3)12-13-24-17-7-5-6-15(2)14-17/h5-7,14,16H,4,8-13H2,1-3H3. The summed E-state index contributed by atoms with van der Waals surface area (Å²) in [5.41, 5.74) is 1.13. The molecule has 7 heteroatoms. The minimum atomic E-state index is -3.15. The van der Waals surface area contributed by atoms with Crippen LogP contribution in [0.2, 0.25) is 0 Å². The van der Waals surface area contributed by atoms with Gasteiger partial charge in [0.25, 0.3) is 0 Å². The van der Waals surface area contributed by atoms with E-state index in [1.165, 1.54) is 4.31 Å². The summed E-state index contributed by atoms with van der Waals surface area (Å²) in [5.74, 6) is 0.884. The van der Waals surface area contributed by atoms with Crippen molar-refractivity contribution < 1.29 is 17.9 Å². The summed E-state index contributed by atoms with van der Waals surface area (Å²) < 4.78 is 30.9. The van der Waals surface area contributed by atoms with Crippen LogP contribution in [0.3, 0.4) is 0 Å². The Balaban J connectivity index is 1.77. The third-order valence-electron chi connectivity index (χ3n) is 4.62. The molecule has 0 unspecified atom stereocenters. The van der Waals surface area contributed by atoms with Crippen LogP contribution >= 0.6 is 0 Å². The highest BCUT2D eigenvalue weighted by atomic mass is 32.2. The molecule has 6 nitrogen and oxygen atoms in total. The minimum Gasteiger partial charge on any atom is -0.492 e. The quantitative estimate of drug-likeness (QED) is 0.737. The van der Waals surface area contributed by atoms with Crippen molar-refractivity contribution in [2.75, 3.05) is 39.0 Å². The summed E-state index contributed by atoms with van der Waals surface area (Å²) in [5, 5.41) is 0. The Kier molecular flexibility index (Phi) is 6.84. The fraction of sp³-hybridized carbons (Fsp3) is 0.611. The highest BCUT2D eigenvalue weighted by Gasteiger charge is 2.31. The predicted octanol–water partition coefficient (Wildman–Crippen LogP) is 1.89. The van der Waals surface area contributed by atoms with Crippen LogP contribution < -0.4 is 4.74 Å². The molecule has 0 atom stereocenters. The van der Waals surface area contributed by atoms with Crippen LogP contribution in [0, 0.1) is 12.8 Å². The van der Waals surface area contributed by atoms with Crippen molar-refractivity contribution in [3.63, 3.8) is 0 Å². The van der Waals surface area contributed by atoms with E-state index in [-0.39, 0.29) is 17.6 Å². The highest BCUT2D eigenvalue weighted by Crippen LogP contribution is 2.21. The molecule has 0 aliphatic carbocycles. The van der Waals surface area contributed by atoms with Gasteiger partial charge in [-0.25, -0.2) is 12.7 Å². The summed E-state index contributed by atoms with van der Waals surface area (Å²) >= 11 is 0. The molecule has 1 heterocycles. The molecule has 1 amide bonds. The van der Waals surface area contributed by atoms with E-state index in [1.807, 2.05) is 31.2 Å². The number of likely N-dealkylation sites (N-methyl/N-ethyl adjacent to an activating group) is 1. The zero-order valence-corrected chi connectivity index (χ0v) is 16.1. The average Bonchev–Trinajstić information content (AvgIpc) is 2.61. The van der Waals surface area contributed by atoms with Gasteiger partial charge in [-0.15, -0.1) is 0 Å². The molecule has 2 rings (SSSR count). The second-order valence-corrected chi connectivity index (χ2v) is 8.76. The van der Waals surface area contributed by atoms with Crippen molar-refractivity contribution in [3.8, 4) is 5.75 Å². The van der Waals surface area contributed by atoms with E-state index in [9.17, 15) is 13.2 Å². The van der Waals surface area contributed by atoms with Crippen LogP contribution in [-0.2, 0) is 14.8 Å². The topological polar surface area (TPSA) is 66.9 Å². The lowest BCUT2D eigenvalue weighted by Crippen LogP contribution is -2.44. The van der Waals surface area contributed by atoms with E-state index < -0.39 is 10.0 Å². The Morgan fingerprint density at radius 1 is 1.32 bits per heavy atom. The van der Waals surface area contributed by atoms with Crippen LogP contribution in [-0.4, -0.2) is 62.6 Å². The summed E-state index contributed by atoms with van der Waals surface area (Å²) in [4.78, 5) is 14.2. The Labute approximate surface area is 150 Å². The highest BCUT2D eigenvalue weighted by molar-refractivity contribution is 7.89. The number of hydrogen-bond donors (Lipinski definition) is 0. The van der Waals surface area contributed by atoms with E-state index in [0.717, 1.165) is 11.3 Å². The molecule has 0 aromatic heterocycles. The summed E-state index contributed by atoms with van der Waals surface area (Å²) in [6, 6.07) is 7.82. The molecule has 0 N–H and O–H groups in total. The van der Waals surface area contributed by atoms with E-state index in [1.54, 1.807) is 18.9 Å². The molecule has 0 radical (unpaired) electrons.